The minimum absolute atomic E-state index is 0.242. The Morgan fingerprint density at radius 1 is 1.06 bits per heavy atom. The summed E-state index contributed by atoms with van der Waals surface area (Å²) in [5, 5.41) is 10.3. The molecule has 2 aliphatic carbocycles. The smallest absolute Gasteiger partial charge is 0.151 e. The van der Waals surface area contributed by atoms with Crippen LogP contribution in [0.1, 0.15) is 67.2 Å². The van der Waals surface area contributed by atoms with Crippen LogP contribution < -0.4 is 4.90 Å². The number of aryl methyl sites for hydroxylation is 1. The molecule has 4 heterocycles. The van der Waals surface area contributed by atoms with Crippen molar-refractivity contribution in [3.05, 3.63) is 64.1 Å². The number of benzene rings is 1. The standard InChI is InChI=1S/C27H30ClFN6/c1-17-8-24(30-12-22(17)29)34-15-27(16-34)10-19(11-27)26-32-31-25-14-33(21-4-2-3-5-21)13-18-9-20(28)6-7-23(18)35(25)26/h6-9,12,19,21H,2-5,10-11,13-16H2,1H3. The second-order valence-corrected chi connectivity index (χ2v) is 11.6. The summed E-state index contributed by atoms with van der Waals surface area (Å²) >= 11 is 6.44. The lowest BCUT2D eigenvalue weighted by Gasteiger charge is -2.59. The van der Waals surface area contributed by atoms with Crippen LogP contribution in [-0.2, 0) is 13.1 Å². The number of pyridine rings is 1. The van der Waals surface area contributed by atoms with Crippen molar-refractivity contribution in [2.24, 2.45) is 5.41 Å². The van der Waals surface area contributed by atoms with E-state index in [-0.39, 0.29) is 5.82 Å². The molecule has 2 aromatic heterocycles. The summed E-state index contributed by atoms with van der Waals surface area (Å²) in [6.45, 7) is 5.50. The molecular weight excluding hydrogens is 463 g/mol. The van der Waals surface area contributed by atoms with Gasteiger partial charge in [0, 0.05) is 42.0 Å². The van der Waals surface area contributed by atoms with Crippen molar-refractivity contribution < 1.29 is 4.39 Å². The van der Waals surface area contributed by atoms with E-state index >= 15 is 0 Å². The Morgan fingerprint density at radius 2 is 1.86 bits per heavy atom. The molecule has 0 N–H and O–H groups in total. The average Bonchev–Trinajstić information content (AvgIpc) is 3.42. The van der Waals surface area contributed by atoms with Crippen molar-refractivity contribution in [2.45, 2.75) is 70.5 Å². The van der Waals surface area contributed by atoms with E-state index in [1.54, 1.807) is 6.92 Å². The van der Waals surface area contributed by atoms with E-state index in [4.69, 9.17) is 21.8 Å². The molecule has 2 aliphatic heterocycles. The van der Waals surface area contributed by atoms with Crippen LogP contribution >= 0.6 is 11.6 Å². The number of anilines is 1. The van der Waals surface area contributed by atoms with Gasteiger partial charge in [-0.25, -0.2) is 9.37 Å². The van der Waals surface area contributed by atoms with Gasteiger partial charge in [0.25, 0.3) is 0 Å². The van der Waals surface area contributed by atoms with E-state index in [0.717, 1.165) is 61.5 Å². The molecule has 1 spiro atoms. The first kappa shape index (κ1) is 21.7. The molecule has 2 saturated carbocycles. The maximum atomic E-state index is 13.6. The van der Waals surface area contributed by atoms with Crippen LogP contribution in [0.2, 0.25) is 5.02 Å². The zero-order valence-corrected chi connectivity index (χ0v) is 20.8. The summed E-state index contributed by atoms with van der Waals surface area (Å²) in [6.07, 6.45) is 8.71. The summed E-state index contributed by atoms with van der Waals surface area (Å²) in [6, 6.07) is 8.73. The highest BCUT2D eigenvalue weighted by molar-refractivity contribution is 6.30. The zero-order valence-electron chi connectivity index (χ0n) is 20.1. The Bertz CT molecular complexity index is 1280. The van der Waals surface area contributed by atoms with Crippen LogP contribution in [0.15, 0.2) is 30.5 Å². The number of nitrogens with zero attached hydrogens (tertiary/aromatic N) is 6. The lowest BCUT2D eigenvalue weighted by atomic mass is 9.57. The van der Waals surface area contributed by atoms with Crippen molar-refractivity contribution in [2.75, 3.05) is 18.0 Å². The van der Waals surface area contributed by atoms with Gasteiger partial charge in [-0.3, -0.25) is 9.47 Å². The van der Waals surface area contributed by atoms with Gasteiger partial charge in [-0.2, -0.15) is 0 Å². The summed E-state index contributed by atoms with van der Waals surface area (Å²) < 4.78 is 16.0. The fourth-order valence-electron chi connectivity index (χ4n) is 6.89. The van der Waals surface area contributed by atoms with Gasteiger partial charge in [0.1, 0.15) is 17.5 Å². The fraction of sp³-hybridized carbons (Fsp3) is 0.519. The van der Waals surface area contributed by atoms with Gasteiger partial charge in [0.15, 0.2) is 5.82 Å². The van der Waals surface area contributed by atoms with E-state index in [0.29, 0.717) is 22.9 Å². The van der Waals surface area contributed by atoms with Crippen molar-refractivity contribution >= 4 is 17.4 Å². The lowest BCUT2D eigenvalue weighted by molar-refractivity contribution is 0.0581. The number of fused-ring (bicyclic) bond motifs is 3. The first-order chi connectivity index (χ1) is 17.0. The third kappa shape index (κ3) is 3.58. The Kier molecular flexibility index (Phi) is 4.97. The molecular formula is C27H30ClFN6. The van der Waals surface area contributed by atoms with Crippen LogP contribution in [-0.4, -0.2) is 43.8 Å². The van der Waals surface area contributed by atoms with E-state index in [1.165, 1.54) is 43.1 Å². The topological polar surface area (TPSA) is 50.1 Å². The van der Waals surface area contributed by atoms with Crippen LogP contribution in [0.3, 0.4) is 0 Å². The number of hydrogen-bond donors (Lipinski definition) is 0. The molecule has 0 unspecified atom stereocenters. The summed E-state index contributed by atoms with van der Waals surface area (Å²) in [7, 11) is 0. The minimum atomic E-state index is -0.242. The number of aromatic nitrogens is 4. The lowest BCUT2D eigenvalue weighted by Crippen LogP contribution is -2.62. The van der Waals surface area contributed by atoms with Crippen LogP contribution in [0.25, 0.3) is 5.69 Å². The van der Waals surface area contributed by atoms with Crippen molar-refractivity contribution in [1.82, 2.24) is 24.6 Å². The maximum absolute atomic E-state index is 13.6. The largest absolute Gasteiger partial charge is 0.355 e. The van der Waals surface area contributed by atoms with Gasteiger partial charge >= 0.3 is 0 Å². The van der Waals surface area contributed by atoms with Crippen LogP contribution in [0, 0.1) is 18.2 Å². The summed E-state index contributed by atoms with van der Waals surface area (Å²) in [5.41, 5.74) is 3.42. The average molecular weight is 493 g/mol. The molecule has 4 aliphatic rings. The number of rotatable bonds is 3. The SMILES string of the molecule is Cc1cc(N2CC3(CC(c4nnc5n4-c4ccc(Cl)cc4CN(C4CCCC4)C5)C3)C2)ncc1F. The maximum Gasteiger partial charge on any atom is 0.151 e. The van der Waals surface area contributed by atoms with Gasteiger partial charge in [-0.1, -0.05) is 24.4 Å². The van der Waals surface area contributed by atoms with E-state index in [2.05, 4.69) is 31.5 Å². The monoisotopic (exact) mass is 492 g/mol. The predicted molar refractivity (Wildman–Crippen MR) is 133 cm³/mol. The predicted octanol–water partition coefficient (Wildman–Crippen LogP) is 5.41. The number of hydrogen-bond acceptors (Lipinski definition) is 5. The van der Waals surface area contributed by atoms with E-state index in [1.807, 2.05) is 12.1 Å². The van der Waals surface area contributed by atoms with Crippen molar-refractivity contribution in [1.29, 1.82) is 0 Å². The highest BCUT2D eigenvalue weighted by atomic mass is 35.5. The van der Waals surface area contributed by atoms with Crippen molar-refractivity contribution in [3.8, 4) is 5.69 Å². The van der Waals surface area contributed by atoms with Gasteiger partial charge < -0.3 is 4.90 Å². The Labute approximate surface area is 210 Å². The molecule has 0 bridgehead atoms. The Hall–Kier alpha value is -2.51. The quantitative estimate of drug-likeness (QED) is 0.489. The minimum Gasteiger partial charge on any atom is -0.355 e. The highest BCUT2D eigenvalue weighted by Gasteiger charge is 2.54. The third-order valence-corrected chi connectivity index (χ3v) is 8.96. The zero-order chi connectivity index (χ0) is 23.7. The van der Waals surface area contributed by atoms with E-state index < -0.39 is 0 Å². The van der Waals surface area contributed by atoms with Gasteiger partial charge in [-0.15, -0.1) is 10.2 Å². The van der Waals surface area contributed by atoms with Gasteiger partial charge in [0.2, 0.25) is 0 Å². The summed E-state index contributed by atoms with van der Waals surface area (Å²) in [5.74, 6) is 3.19. The molecule has 6 nitrogen and oxygen atoms in total. The van der Waals surface area contributed by atoms with Crippen molar-refractivity contribution in [3.63, 3.8) is 0 Å². The second-order valence-electron chi connectivity index (χ2n) is 11.2. The molecule has 0 amide bonds. The molecule has 1 saturated heterocycles. The Balaban J connectivity index is 1.13. The Morgan fingerprint density at radius 3 is 2.63 bits per heavy atom. The first-order valence-corrected chi connectivity index (χ1v) is 13.2. The fourth-order valence-corrected chi connectivity index (χ4v) is 7.09. The molecule has 3 fully saturated rings. The van der Waals surface area contributed by atoms with Gasteiger partial charge in [0.05, 0.1) is 18.4 Å². The molecule has 182 valence electrons. The molecule has 0 atom stereocenters. The third-order valence-electron chi connectivity index (χ3n) is 8.73. The van der Waals surface area contributed by atoms with Crippen LogP contribution in [0.4, 0.5) is 10.2 Å². The van der Waals surface area contributed by atoms with Crippen LogP contribution in [0.5, 0.6) is 0 Å². The highest BCUT2D eigenvalue weighted by Crippen LogP contribution is 2.56. The molecule has 1 aromatic carbocycles. The first-order valence-electron chi connectivity index (χ1n) is 12.8. The molecule has 35 heavy (non-hydrogen) atoms. The molecule has 8 heteroatoms. The van der Waals surface area contributed by atoms with Gasteiger partial charge in [-0.05, 0) is 68.0 Å². The second kappa shape index (κ2) is 8.00. The molecule has 7 rings (SSSR count). The molecule has 0 radical (unpaired) electrons. The molecule has 3 aromatic rings. The normalized spacial score (nSPS) is 22.0. The summed E-state index contributed by atoms with van der Waals surface area (Å²) in [4.78, 5) is 9.16. The number of halogens is 2. The van der Waals surface area contributed by atoms with E-state index in [9.17, 15) is 4.39 Å².